The van der Waals surface area contributed by atoms with Crippen molar-refractivity contribution in [2.45, 2.75) is 38.1 Å². The standard InChI is InChI=1S/C14H27N3O2/c15-6-3-5-14(18)17-7-2-1-4-13(17)12-16-8-10-19-11-9-16/h13H,1-12,15H2. The molecule has 0 aliphatic carbocycles. The number of rotatable bonds is 5. The number of nitrogens with zero attached hydrogens (tertiary/aromatic N) is 2. The van der Waals surface area contributed by atoms with Crippen LogP contribution in [0.25, 0.3) is 0 Å². The molecule has 2 heterocycles. The molecule has 0 aromatic heterocycles. The van der Waals surface area contributed by atoms with Crippen LogP contribution in [0.2, 0.25) is 0 Å². The Balaban J connectivity index is 1.85. The molecule has 0 aromatic rings. The lowest BCUT2D eigenvalue weighted by molar-refractivity contribution is -0.135. The summed E-state index contributed by atoms with van der Waals surface area (Å²) in [4.78, 5) is 16.8. The highest BCUT2D eigenvalue weighted by Crippen LogP contribution is 2.19. The molecule has 0 saturated carbocycles. The zero-order chi connectivity index (χ0) is 13.5. The van der Waals surface area contributed by atoms with Gasteiger partial charge in [0.15, 0.2) is 0 Å². The van der Waals surface area contributed by atoms with Crippen molar-refractivity contribution >= 4 is 5.91 Å². The van der Waals surface area contributed by atoms with Gasteiger partial charge in [0.1, 0.15) is 0 Å². The van der Waals surface area contributed by atoms with Gasteiger partial charge in [-0.1, -0.05) is 0 Å². The third kappa shape index (κ3) is 4.44. The van der Waals surface area contributed by atoms with Crippen molar-refractivity contribution in [1.82, 2.24) is 9.80 Å². The normalized spacial score (nSPS) is 25.5. The van der Waals surface area contributed by atoms with E-state index >= 15 is 0 Å². The van der Waals surface area contributed by atoms with Crippen LogP contribution in [0, 0.1) is 0 Å². The highest BCUT2D eigenvalue weighted by molar-refractivity contribution is 5.76. The number of hydrogen-bond donors (Lipinski definition) is 1. The third-order valence-corrected chi connectivity index (χ3v) is 4.11. The average Bonchev–Trinajstić information content (AvgIpc) is 2.46. The maximum Gasteiger partial charge on any atom is 0.222 e. The molecule has 0 bridgehead atoms. The second-order valence-electron chi connectivity index (χ2n) is 5.54. The molecule has 5 nitrogen and oxygen atoms in total. The molecular formula is C14H27N3O2. The van der Waals surface area contributed by atoms with E-state index in [0.717, 1.165) is 58.7 Å². The summed E-state index contributed by atoms with van der Waals surface area (Å²) in [5.41, 5.74) is 5.50. The van der Waals surface area contributed by atoms with E-state index in [-0.39, 0.29) is 0 Å². The molecule has 19 heavy (non-hydrogen) atoms. The monoisotopic (exact) mass is 269 g/mol. The summed E-state index contributed by atoms with van der Waals surface area (Å²) in [7, 11) is 0. The van der Waals surface area contributed by atoms with E-state index in [1.807, 2.05) is 0 Å². The molecule has 2 saturated heterocycles. The number of likely N-dealkylation sites (tertiary alicyclic amines) is 1. The van der Waals surface area contributed by atoms with Gasteiger partial charge in [-0.15, -0.1) is 0 Å². The largest absolute Gasteiger partial charge is 0.379 e. The molecule has 1 atom stereocenters. The molecular weight excluding hydrogens is 242 g/mol. The van der Waals surface area contributed by atoms with Crippen molar-refractivity contribution in [3.8, 4) is 0 Å². The minimum Gasteiger partial charge on any atom is -0.379 e. The Kier molecular flexibility index (Phi) is 6.07. The van der Waals surface area contributed by atoms with E-state index in [9.17, 15) is 4.79 Å². The Morgan fingerprint density at radius 1 is 1.21 bits per heavy atom. The average molecular weight is 269 g/mol. The van der Waals surface area contributed by atoms with Crippen LogP contribution in [0.1, 0.15) is 32.1 Å². The second-order valence-corrected chi connectivity index (χ2v) is 5.54. The van der Waals surface area contributed by atoms with Crippen molar-refractivity contribution in [2.75, 3.05) is 45.9 Å². The Morgan fingerprint density at radius 2 is 2.00 bits per heavy atom. The van der Waals surface area contributed by atoms with Crippen LogP contribution in [0.5, 0.6) is 0 Å². The van der Waals surface area contributed by atoms with Gasteiger partial charge in [0, 0.05) is 38.6 Å². The van der Waals surface area contributed by atoms with Crippen molar-refractivity contribution in [1.29, 1.82) is 0 Å². The van der Waals surface area contributed by atoms with Gasteiger partial charge < -0.3 is 15.4 Å². The summed E-state index contributed by atoms with van der Waals surface area (Å²) in [5.74, 6) is 0.295. The topological polar surface area (TPSA) is 58.8 Å². The van der Waals surface area contributed by atoms with E-state index in [2.05, 4.69) is 9.80 Å². The van der Waals surface area contributed by atoms with Crippen LogP contribution in [-0.4, -0.2) is 67.7 Å². The minimum absolute atomic E-state index is 0.295. The van der Waals surface area contributed by atoms with E-state index < -0.39 is 0 Å². The Bertz CT molecular complexity index is 280. The van der Waals surface area contributed by atoms with Crippen molar-refractivity contribution < 1.29 is 9.53 Å². The van der Waals surface area contributed by atoms with E-state index in [1.165, 1.54) is 6.42 Å². The second kappa shape index (κ2) is 7.82. The maximum atomic E-state index is 12.2. The fraction of sp³-hybridized carbons (Fsp3) is 0.929. The number of ether oxygens (including phenoxy) is 1. The quantitative estimate of drug-likeness (QED) is 0.787. The maximum absolute atomic E-state index is 12.2. The lowest BCUT2D eigenvalue weighted by Gasteiger charge is -2.39. The lowest BCUT2D eigenvalue weighted by atomic mass is 10.0. The van der Waals surface area contributed by atoms with Crippen molar-refractivity contribution in [2.24, 2.45) is 5.73 Å². The minimum atomic E-state index is 0.295. The number of hydrogen-bond acceptors (Lipinski definition) is 4. The van der Waals surface area contributed by atoms with Crippen LogP contribution in [0.15, 0.2) is 0 Å². The van der Waals surface area contributed by atoms with Gasteiger partial charge in [-0.25, -0.2) is 0 Å². The first-order chi connectivity index (χ1) is 9.31. The Hall–Kier alpha value is -0.650. The first-order valence-corrected chi connectivity index (χ1v) is 7.61. The van der Waals surface area contributed by atoms with Crippen LogP contribution in [0.4, 0.5) is 0 Å². The molecule has 0 spiro atoms. The Morgan fingerprint density at radius 3 is 2.74 bits per heavy atom. The molecule has 0 radical (unpaired) electrons. The van der Waals surface area contributed by atoms with Gasteiger partial charge in [0.2, 0.25) is 5.91 Å². The molecule has 1 unspecified atom stereocenters. The van der Waals surface area contributed by atoms with Crippen molar-refractivity contribution in [3.05, 3.63) is 0 Å². The number of carbonyl (C=O) groups excluding carboxylic acids is 1. The first kappa shape index (κ1) is 14.8. The molecule has 2 rings (SSSR count). The fourth-order valence-electron chi connectivity index (χ4n) is 3.00. The number of morpholine rings is 1. The van der Waals surface area contributed by atoms with Gasteiger partial charge in [-0.2, -0.15) is 0 Å². The smallest absolute Gasteiger partial charge is 0.222 e. The summed E-state index contributed by atoms with van der Waals surface area (Å²) in [6.45, 7) is 6.20. The summed E-state index contributed by atoms with van der Waals surface area (Å²) in [6.07, 6.45) is 4.95. The van der Waals surface area contributed by atoms with Gasteiger partial charge in [0.25, 0.3) is 0 Å². The van der Waals surface area contributed by atoms with Gasteiger partial charge in [0.05, 0.1) is 13.2 Å². The SMILES string of the molecule is NCCCC(=O)N1CCCCC1CN1CCOCC1. The number of carbonyl (C=O) groups is 1. The molecule has 2 fully saturated rings. The highest BCUT2D eigenvalue weighted by atomic mass is 16.5. The van der Waals surface area contributed by atoms with E-state index in [4.69, 9.17) is 10.5 Å². The fourth-order valence-corrected chi connectivity index (χ4v) is 3.00. The molecule has 5 heteroatoms. The zero-order valence-corrected chi connectivity index (χ0v) is 11.9. The van der Waals surface area contributed by atoms with E-state index in [0.29, 0.717) is 24.9 Å². The predicted molar refractivity (Wildman–Crippen MR) is 74.9 cm³/mol. The van der Waals surface area contributed by atoms with Gasteiger partial charge in [-0.05, 0) is 32.2 Å². The third-order valence-electron chi connectivity index (χ3n) is 4.11. The highest BCUT2D eigenvalue weighted by Gasteiger charge is 2.28. The molecule has 2 aliphatic rings. The van der Waals surface area contributed by atoms with Gasteiger partial charge in [-0.3, -0.25) is 9.69 Å². The van der Waals surface area contributed by atoms with Crippen LogP contribution in [0.3, 0.4) is 0 Å². The Labute approximate surface area is 116 Å². The molecule has 110 valence electrons. The van der Waals surface area contributed by atoms with Crippen LogP contribution in [-0.2, 0) is 9.53 Å². The van der Waals surface area contributed by atoms with E-state index in [1.54, 1.807) is 0 Å². The predicted octanol–water partition coefficient (Wildman–Crippen LogP) is 0.439. The first-order valence-electron chi connectivity index (χ1n) is 7.61. The zero-order valence-electron chi connectivity index (χ0n) is 11.9. The molecule has 2 N–H and O–H groups in total. The summed E-state index contributed by atoms with van der Waals surface area (Å²) in [6, 6.07) is 0.400. The summed E-state index contributed by atoms with van der Waals surface area (Å²) >= 11 is 0. The summed E-state index contributed by atoms with van der Waals surface area (Å²) < 4.78 is 5.38. The molecule has 1 amide bonds. The number of piperidine rings is 1. The van der Waals surface area contributed by atoms with Crippen molar-refractivity contribution in [3.63, 3.8) is 0 Å². The summed E-state index contributed by atoms with van der Waals surface area (Å²) in [5, 5.41) is 0. The number of nitrogens with two attached hydrogens (primary N) is 1. The molecule has 2 aliphatic heterocycles. The van der Waals surface area contributed by atoms with Gasteiger partial charge >= 0.3 is 0 Å². The molecule has 0 aromatic carbocycles. The number of amides is 1. The van der Waals surface area contributed by atoms with Crippen LogP contribution < -0.4 is 5.73 Å². The van der Waals surface area contributed by atoms with Crippen LogP contribution >= 0.6 is 0 Å². The lowest BCUT2D eigenvalue weighted by Crippen LogP contribution is -2.51.